The molecule has 0 unspecified atom stereocenters. The Morgan fingerprint density at radius 3 is 1.27 bits per heavy atom. The van der Waals surface area contributed by atoms with E-state index in [0.29, 0.717) is 0 Å². The number of hydrogen-bond acceptors (Lipinski definition) is 2. The minimum atomic E-state index is 0.819. The van der Waals surface area contributed by atoms with Gasteiger partial charge in [-0.3, -0.25) is 0 Å². The van der Waals surface area contributed by atoms with Crippen LogP contribution >= 0.6 is 0 Å². The minimum Gasteiger partial charge on any atom is -0.385 e. The molecule has 0 radical (unpaired) electrons. The van der Waals surface area contributed by atoms with E-state index in [1.165, 1.54) is 0 Å². The summed E-state index contributed by atoms with van der Waals surface area (Å²) in [5.41, 5.74) is 0. The molecule has 0 aromatic rings. The Bertz CT molecular complexity index is 36.5. The lowest BCUT2D eigenvalue weighted by atomic mass is 10.7. The minimum absolute atomic E-state index is 0.819. The van der Waals surface area contributed by atoms with Gasteiger partial charge in [-0.2, -0.15) is 0 Å². The highest BCUT2D eigenvalue weighted by Gasteiger charge is 1.72. The maximum absolute atomic E-state index is 4.54. The van der Waals surface area contributed by atoms with Crippen molar-refractivity contribution in [3.63, 3.8) is 0 Å². The van der Waals surface area contributed by atoms with Crippen molar-refractivity contribution in [1.82, 2.24) is 4.90 Å². The fourth-order valence-electron chi connectivity index (χ4n) is 0. The van der Waals surface area contributed by atoms with E-state index in [4.69, 9.17) is 0 Å². The van der Waals surface area contributed by atoms with Gasteiger partial charge in [-0.05, 0) is 27.6 Å². The summed E-state index contributed by atoms with van der Waals surface area (Å²) in [5, 5.41) is 0. The van der Waals surface area contributed by atoms with Gasteiger partial charge in [0.2, 0.25) is 0 Å². The van der Waals surface area contributed by atoms with Gasteiger partial charge in [0.1, 0.15) is 0 Å². The maximum atomic E-state index is 4.54. The Kier molecular flexibility index (Phi) is 35.1. The largest absolute Gasteiger partial charge is 0.385 e. The number of nitrogens with zero attached hydrogens (tertiary/aromatic N) is 1. The summed E-state index contributed by atoms with van der Waals surface area (Å²) in [7, 11) is 5.79. The van der Waals surface area contributed by atoms with Crippen LogP contribution in [0.15, 0.2) is 0 Å². The van der Waals surface area contributed by atoms with Crippen molar-refractivity contribution in [2.24, 2.45) is 0 Å². The molecule has 0 bridgehead atoms. The molecule has 0 aromatic carbocycles. The van der Waals surface area contributed by atoms with Gasteiger partial charge in [0.25, 0.3) is 0 Å². The van der Waals surface area contributed by atoms with E-state index >= 15 is 0 Å². The lowest BCUT2D eigenvalue weighted by Gasteiger charge is -2.00. The normalized spacial score (nSPS) is 7.64. The van der Waals surface area contributed by atoms with Gasteiger partial charge < -0.3 is 9.64 Å². The van der Waals surface area contributed by atoms with Gasteiger partial charge in [-0.15, -0.1) is 0 Å². The summed E-state index contributed by atoms with van der Waals surface area (Å²) < 4.78 is 4.54. The van der Waals surface area contributed by atoms with E-state index in [-0.39, 0.29) is 0 Å². The Labute approximate surface area is 72.5 Å². The fourth-order valence-corrected chi connectivity index (χ4v) is 0. The summed E-state index contributed by atoms with van der Waals surface area (Å²) in [6.45, 7) is 10.0. The zero-order valence-corrected chi connectivity index (χ0v) is 9.27. The molecule has 0 aromatic heterocycles. The molecule has 0 amide bonds. The van der Waals surface area contributed by atoms with Crippen LogP contribution in [0.5, 0.6) is 0 Å². The molecule has 0 atom stereocenters. The molecule has 0 saturated carbocycles. The quantitative estimate of drug-likeness (QED) is 0.619. The van der Waals surface area contributed by atoms with Gasteiger partial charge in [0, 0.05) is 13.7 Å². The van der Waals surface area contributed by atoms with E-state index in [2.05, 4.69) is 30.7 Å². The number of ether oxygens (including phenoxy) is 1. The van der Waals surface area contributed by atoms with Crippen molar-refractivity contribution >= 4 is 0 Å². The van der Waals surface area contributed by atoms with Gasteiger partial charge in [0.15, 0.2) is 0 Å². The number of methoxy groups -OCH3 is 1. The summed E-state index contributed by atoms with van der Waals surface area (Å²) in [4.78, 5) is 2.12. The molecule has 0 rings (SSSR count). The van der Waals surface area contributed by atoms with Crippen LogP contribution in [-0.2, 0) is 4.74 Å². The van der Waals surface area contributed by atoms with E-state index in [9.17, 15) is 0 Å². The molecular formula is C9H25NO. The smallest absolute Gasteiger partial charge is 0.0433 e. The number of hydrogen-bond donors (Lipinski definition) is 0. The van der Waals surface area contributed by atoms with Gasteiger partial charge in [0.05, 0.1) is 0 Å². The second-order valence-corrected chi connectivity index (χ2v) is 1.97. The molecule has 0 fully saturated rings. The SMILES string of the molecule is CC.CCN(C)C.CCOC. The van der Waals surface area contributed by atoms with E-state index in [0.717, 1.165) is 13.2 Å². The van der Waals surface area contributed by atoms with Crippen LogP contribution in [0.1, 0.15) is 27.7 Å². The second kappa shape index (κ2) is 22.5. The van der Waals surface area contributed by atoms with Crippen molar-refractivity contribution in [3.8, 4) is 0 Å². The molecule has 0 aliphatic heterocycles. The van der Waals surface area contributed by atoms with Crippen molar-refractivity contribution < 1.29 is 4.74 Å². The van der Waals surface area contributed by atoms with E-state index in [1.807, 2.05) is 20.8 Å². The van der Waals surface area contributed by atoms with Crippen molar-refractivity contribution in [3.05, 3.63) is 0 Å². The zero-order chi connectivity index (χ0) is 9.70. The molecule has 0 saturated heterocycles. The third-order valence-corrected chi connectivity index (χ3v) is 0.921. The average molecular weight is 163 g/mol. The Morgan fingerprint density at radius 2 is 1.27 bits per heavy atom. The van der Waals surface area contributed by atoms with Crippen molar-refractivity contribution in [2.45, 2.75) is 27.7 Å². The Morgan fingerprint density at radius 1 is 1.09 bits per heavy atom. The third kappa shape index (κ3) is 73.0. The van der Waals surface area contributed by atoms with Crippen molar-refractivity contribution in [2.75, 3.05) is 34.4 Å². The van der Waals surface area contributed by atoms with Crippen LogP contribution in [0, 0.1) is 0 Å². The van der Waals surface area contributed by atoms with Gasteiger partial charge in [-0.25, -0.2) is 0 Å². The molecule has 0 aliphatic rings. The average Bonchev–Trinajstić information content (AvgIpc) is 2.08. The number of rotatable bonds is 2. The monoisotopic (exact) mass is 163 g/mol. The summed E-state index contributed by atoms with van der Waals surface area (Å²) in [6.07, 6.45) is 0. The van der Waals surface area contributed by atoms with Gasteiger partial charge in [-0.1, -0.05) is 20.8 Å². The Hall–Kier alpha value is -0.0800. The first-order chi connectivity index (χ1) is 5.18. The van der Waals surface area contributed by atoms with Crippen LogP contribution in [0.3, 0.4) is 0 Å². The lowest BCUT2D eigenvalue weighted by molar-refractivity contribution is 0.215. The van der Waals surface area contributed by atoms with Gasteiger partial charge >= 0.3 is 0 Å². The summed E-state index contributed by atoms with van der Waals surface area (Å²) in [6, 6.07) is 0. The molecule has 0 N–H and O–H groups in total. The fraction of sp³-hybridized carbons (Fsp3) is 1.00. The predicted octanol–water partition coefficient (Wildman–Crippen LogP) is 2.25. The topological polar surface area (TPSA) is 12.5 Å². The van der Waals surface area contributed by atoms with Crippen LogP contribution in [0.4, 0.5) is 0 Å². The van der Waals surface area contributed by atoms with E-state index in [1.54, 1.807) is 7.11 Å². The highest BCUT2D eigenvalue weighted by Crippen LogP contribution is 1.63. The molecule has 2 nitrogen and oxygen atoms in total. The van der Waals surface area contributed by atoms with Crippen LogP contribution in [-0.4, -0.2) is 39.3 Å². The van der Waals surface area contributed by atoms with Crippen molar-refractivity contribution in [1.29, 1.82) is 0 Å². The first-order valence-electron chi connectivity index (χ1n) is 4.32. The molecule has 2 heteroatoms. The summed E-state index contributed by atoms with van der Waals surface area (Å²) in [5.74, 6) is 0. The molecule has 0 heterocycles. The molecule has 0 spiro atoms. The Balaban J connectivity index is -0.0000000965. The standard InChI is InChI=1S/C4H11N.C3H8O.C2H6/c1-4-5(2)3;1-3-4-2;1-2/h4H2,1-3H3;3H2,1-2H3;1-2H3. The highest BCUT2D eigenvalue weighted by molar-refractivity contribution is 4.25. The molecule has 11 heavy (non-hydrogen) atoms. The zero-order valence-electron chi connectivity index (χ0n) is 9.27. The first kappa shape index (κ1) is 17.1. The van der Waals surface area contributed by atoms with Crippen LogP contribution in [0.25, 0.3) is 0 Å². The second-order valence-electron chi connectivity index (χ2n) is 1.97. The predicted molar refractivity (Wildman–Crippen MR) is 53.1 cm³/mol. The summed E-state index contributed by atoms with van der Waals surface area (Å²) >= 11 is 0. The lowest BCUT2D eigenvalue weighted by Crippen LogP contribution is -2.08. The molecule has 72 valence electrons. The van der Waals surface area contributed by atoms with E-state index < -0.39 is 0 Å². The third-order valence-electron chi connectivity index (χ3n) is 0.921. The molecular weight excluding hydrogens is 138 g/mol. The highest BCUT2D eigenvalue weighted by atomic mass is 16.5. The maximum Gasteiger partial charge on any atom is 0.0433 e. The molecule has 0 aliphatic carbocycles. The first-order valence-corrected chi connectivity index (χ1v) is 4.32. The van der Waals surface area contributed by atoms with Crippen LogP contribution in [0.2, 0.25) is 0 Å². The van der Waals surface area contributed by atoms with Crippen LogP contribution < -0.4 is 0 Å².